The van der Waals surface area contributed by atoms with Gasteiger partial charge in [0.1, 0.15) is 0 Å². The van der Waals surface area contributed by atoms with E-state index in [1.807, 2.05) is 6.07 Å². The third kappa shape index (κ3) is 4.95. The average molecular weight is 394 g/mol. The fraction of sp³-hybridized carbons (Fsp3) is 0.500. The molecule has 1 saturated heterocycles. The predicted molar refractivity (Wildman–Crippen MR) is 102 cm³/mol. The molecular formula is C20H24ClNO5. The first-order chi connectivity index (χ1) is 13.1. The number of nitrogens with zero attached hydrogens (tertiary/aromatic N) is 1. The van der Waals surface area contributed by atoms with Crippen molar-refractivity contribution in [3.05, 3.63) is 28.8 Å². The third-order valence-electron chi connectivity index (χ3n) is 4.67. The number of benzene rings is 1. The minimum absolute atomic E-state index is 0.0828. The van der Waals surface area contributed by atoms with Crippen molar-refractivity contribution in [1.82, 2.24) is 4.90 Å². The number of amides is 1. The number of halogens is 1. The van der Waals surface area contributed by atoms with Crippen LogP contribution in [0.3, 0.4) is 0 Å². The van der Waals surface area contributed by atoms with Gasteiger partial charge in [0.25, 0.3) is 0 Å². The Balaban J connectivity index is 1.60. The molecule has 0 radical (unpaired) electrons. The molecule has 0 spiro atoms. The summed E-state index contributed by atoms with van der Waals surface area (Å²) in [5.41, 5.74) is 0.777. The van der Waals surface area contributed by atoms with Gasteiger partial charge < -0.3 is 19.1 Å². The van der Waals surface area contributed by atoms with Crippen LogP contribution in [-0.2, 0) is 14.3 Å². The molecule has 1 fully saturated rings. The van der Waals surface area contributed by atoms with Crippen molar-refractivity contribution < 1.29 is 23.8 Å². The van der Waals surface area contributed by atoms with Crippen molar-refractivity contribution in [2.45, 2.75) is 26.2 Å². The van der Waals surface area contributed by atoms with E-state index in [1.54, 1.807) is 24.0 Å². The highest BCUT2D eigenvalue weighted by molar-refractivity contribution is 6.32. The summed E-state index contributed by atoms with van der Waals surface area (Å²) in [5, 5.41) is 0.469. The summed E-state index contributed by atoms with van der Waals surface area (Å²) in [5.74, 6) is 0.794. The van der Waals surface area contributed by atoms with Gasteiger partial charge >= 0.3 is 5.97 Å². The van der Waals surface area contributed by atoms with Crippen molar-refractivity contribution in [2.75, 3.05) is 32.9 Å². The first kappa shape index (κ1) is 19.5. The van der Waals surface area contributed by atoms with Crippen LogP contribution in [0.1, 0.15) is 31.7 Å². The molecule has 0 saturated carbocycles. The zero-order valence-corrected chi connectivity index (χ0v) is 16.2. The molecule has 2 heterocycles. The number of rotatable bonds is 4. The zero-order valence-electron chi connectivity index (χ0n) is 15.4. The van der Waals surface area contributed by atoms with Crippen molar-refractivity contribution in [3.8, 4) is 11.5 Å². The molecule has 1 aromatic rings. The van der Waals surface area contributed by atoms with E-state index in [4.69, 9.17) is 25.8 Å². The van der Waals surface area contributed by atoms with Crippen LogP contribution in [-0.4, -0.2) is 49.7 Å². The van der Waals surface area contributed by atoms with Gasteiger partial charge in [-0.25, -0.2) is 0 Å². The lowest BCUT2D eigenvalue weighted by Gasteiger charge is -2.30. The Morgan fingerprint density at radius 3 is 2.74 bits per heavy atom. The number of hydrogen-bond donors (Lipinski definition) is 0. The van der Waals surface area contributed by atoms with E-state index in [9.17, 15) is 9.59 Å². The molecule has 7 heteroatoms. The number of carbonyl (C=O) groups is 2. The third-order valence-corrected chi connectivity index (χ3v) is 4.95. The topological polar surface area (TPSA) is 65.1 Å². The first-order valence-corrected chi connectivity index (χ1v) is 9.69. The molecule has 0 aromatic heterocycles. The largest absolute Gasteiger partial charge is 0.489 e. The van der Waals surface area contributed by atoms with Crippen LogP contribution in [0.5, 0.6) is 11.5 Å². The van der Waals surface area contributed by atoms with Crippen molar-refractivity contribution in [3.63, 3.8) is 0 Å². The lowest BCUT2D eigenvalue weighted by Crippen LogP contribution is -2.39. The van der Waals surface area contributed by atoms with Crippen LogP contribution in [0.25, 0.3) is 6.08 Å². The average Bonchev–Trinajstić information content (AvgIpc) is 2.92. The Kier molecular flexibility index (Phi) is 6.61. The molecule has 0 atom stereocenters. The molecule has 1 aromatic carbocycles. The summed E-state index contributed by atoms with van der Waals surface area (Å²) in [4.78, 5) is 26.0. The SMILES string of the molecule is CCOC(=O)C1CCN(C(=O)/C=C/c2cc(Cl)c3c(c2)OCCCO3)CC1. The molecular weight excluding hydrogens is 370 g/mol. The maximum absolute atomic E-state index is 12.4. The lowest BCUT2D eigenvalue weighted by atomic mass is 9.97. The zero-order chi connectivity index (χ0) is 19.2. The molecule has 2 aliphatic heterocycles. The molecule has 27 heavy (non-hydrogen) atoms. The van der Waals surface area contributed by atoms with Gasteiger partial charge in [-0.3, -0.25) is 9.59 Å². The fourth-order valence-corrected chi connectivity index (χ4v) is 3.49. The van der Waals surface area contributed by atoms with Crippen LogP contribution in [0.4, 0.5) is 0 Å². The fourth-order valence-electron chi connectivity index (χ4n) is 3.22. The minimum atomic E-state index is -0.165. The van der Waals surface area contributed by atoms with E-state index >= 15 is 0 Å². The van der Waals surface area contributed by atoms with Crippen LogP contribution in [0.2, 0.25) is 5.02 Å². The second-order valence-electron chi connectivity index (χ2n) is 6.57. The van der Waals surface area contributed by atoms with Crippen LogP contribution < -0.4 is 9.47 Å². The highest BCUT2D eigenvalue weighted by atomic mass is 35.5. The number of hydrogen-bond acceptors (Lipinski definition) is 5. The molecule has 0 bridgehead atoms. The number of likely N-dealkylation sites (tertiary alicyclic amines) is 1. The van der Waals surface area contributed by atoms with Crippen LogP contribution in [0, 0.1) is 5.92 Å². The summed E-state index contributed by atoms with van der Waals surface area (Å²) in [7, 11) is 0. The van der Waals surface area contributed by atoms with E-state index < -0.39 is 0 Å². The van der Waals surface area contributed by atoms with E-state index in [0.29, 0.717) is 62.3 Å². The summed E-state index contributed by atoms with van der Waals surface area (Å²) in [6, 6.07) is 3.58. The van der Waals surface area contributed by atoms with Gasteiger partial charge in [0.15, 0.2) is 11.5 Å². The van der Waals surface area contributed by atoms with Crippen molar-refractivity contribution >= 4 is 29.6 Å². The molecule has 2 aliphatic rings. The smallest absolute Gasteiger partial charge is 0.309 e. The Hall–Kier alpha value is -2.21. The van der Waals surface area contributed by atoms with Gasteiger partial charge in [-0.2, -0.15) is 0 Å². The van der Waals surface area contributed by atoms with Gasteiger partial charge in [0, 0.05) is 25.6 Å². The number of piperidine rings is 1. The second kappa shape index (κ2) is 9.13. The van der Waals surface area contributed by atoms with Crippen molar-refractivity contribution in [2.24, 2.45) is 5.92 Å². The number of ether oxygens (including phenoxy) is 3. The summed E-state index contributed by atoms with van der Waals surface area (Å²) >= 11 is 6.28. The first-order valence-electron chi connectivity index (χ1n) is 9.31. The molecule has 0 N–H and O–H groups in total. The molecule has 0 aliphatic carbocycles. The quantitative estimate of drug-likeness (QED) is 0.580. The molecule has 1 amide bonds. The summed E-state index contributed by atoms with van der Waals surface area (Å²) < 4.78 is 16.3. The number of fused-ring (bicyclic) bond motifs is 1. The Morgan fingerprint density at radius 1 is 1.26 bits per heavy atom. The summed E-state index contributed by atoms with van der Waals surface area (Å²) in [6.07, 6.45) is 5.32. The lowest BCUT2D eigenvalue weighted by molar-refractivity contribution is -0.150. The highest BCUT2D eigenvalue weighted by Gasteiger charge is 2.27. The number of carbonyl (C=O) groups excluding carboxylic acids is 2. The van der Waals surface area contributed by atoms with E-state index in [2.05, 4.69) is 0 Å². The Bertz CT molecular complexity index is 725. The molecule has 3 rings (SSSR count). The van der Waals surface area contributed by atoms with Gasteiger partial charge in [0.2, 0.25) is 5.91 Å². The maximum Gasteiger partial charge on any atom is 0.309 e. The molecule has 146 valence electrons. The Morgan fingerprint density at radius 2 is 2.00 bits per heavy atom. The standard InChI is InChI=1S/C20H24ClNO5/c1-2-25-20(24)15-6-8-22(9-7-15)18(23)5-4-14-12-16(21)19-17(13-14)26-10-3-11-27-19/h4-5,12-13,15H,2-3,6-11H2,1H3/b5-4+. The Labute approximate surface area is 164 Å². The molecule has 0 unspecified atom stereocenters. The van der Waals surface area contributed by atoms with E-state index in [-0.39, 0.29) is 17.8 Å². The van der Waals surface area contributed by atoms with Crippen LogP contribution >= 0.6 is 11.6 Å². The van der Waals surface area contributed by atoms with E-state index in [1.165, 1.54) is 6.08 Å². The molecule has 6 nitrogen and oxygen atoms in total. The summed E-state index contributed by atoms with van der Waals surface area (Å²) in [6.45, 7) is 4.43. The van der Waals surface area contributed by atoms with Crippen molar-refractivity contribution in [1.29, 1.82) is 0 Å². The van der Waals surface area contributed by atoms with Crippen LogP contribution in [0.15, 0.2) is 18.2 Å². The minimum Gasteiger partial charge on any atom is -0.489 e. The van der Waals surface area contributed by atoms with Gasteiger partial charge in [-0.15, -0.1) is 0 Å². The predicted octanol–water partition coefficient (Wildman–Crippen LogP) is 3.32. The second-order valence-corrected chi connectivity index (χ2v) is 6.97. The van der Waals surface area contributed by atoms with E-state index in [0.717, 1.165) is 12.0 Å². The maximum atomic E-state index is 12.4. The monoisotopic (exact) mass is 393 g/mol. The van der Waals surface area contributed by atoms with Gasteiger partial charge in [-0.05, 0) is 43.5 Å². The number of esters is 1. The highest BCUT2D eigenvalue weighted by Crippen LogP contribution is 2.38. The normalized spacial score (nSPS) is 17.6. The van der Waals surface area contributed by atoms with Gasteiger partial charge in [-0.1, -0.05) is 11.6 Å². The van der Waals surface area contributed by atoms with Gasteiger partial charge in [0.05, 0.1) is 30.8 Å².